The van der Waals surface area contributed by atoms with Gasteiger partial charge in [0.1, 0.15) is 12.1 Å². The third-order valence-electron chi connectivity index (χ3n) is 3.01. The van der Waals surface area contributed by atoms with Gasteiger partial charge in [0.2, 0.25) is 5.91 Å². The topological polar surface area (TPSA) is 105 Å². The van der Waals surface area contributed by atoms with E-state index in [-0.39, 0.29) is 6.54 Å². The molecule has 1 aromatic rings. The number of rotatable bonds is 3. The van der Waals surface area contributed by atoms with Gasteiger partial charge in [-0.2, -0.15) is 0 Å². The van der Waals surface area contributed by atoms with Crippen molar-refractivity contribution in [2.75, 3.05) is 17.6 Å². The summed E-state index contributed by atoms with van der Waals surface area (Å²) in [6, 6.07) is 4.04. The van der Waals surface area contributed by atoms with E-state index >= 15 is 0 Å². The zero-order valence-electron chi connectivity index (χ0n) is 11.6. The molecule has 0 aliphatic carbocycles. The molecule has 1 fully saturated rings. The maximum atomic E-state index is 12.0. The van der Waals surface area contributed by atoms with Crippen molar-refractivity contribution in [2.24, 2.45) is 0 Å². The van der Waals surface area contributed by atoms with E-state index in [0.717, 1.165) is 4.90 Å². The van der Waals surface area contributed by atoms with Gasteiger partial charge in [-0.15, -0.1) is 0 Å². The monoisotopic (exact) mass is 310 g/mol. The van der Waals surface area contributed by atoms with Gasteiger partial charge in [0.15, 0.2) is 0 Å². The number of nitrogen functional groups attached to an aromatic ring is 1. The van der Waals surface area contributed by atoms with E-state index in [1.54, 1.807) is 26.0 Å². The van der Waals surface area contributed by atoms with Crippen molar-refractivity contribution in [3.8, 4) is 0 Å². The molecule has 0 aromatic heterocycles. The van der Waals surface area contributed by atoms with Gasteiger partial charge in [0.25, 0.3) is 5.91 Å². The number of urea groups is 1. The molecule has 1 aromatic carbocycles. The van der Waals surface area contributed by atoms with Gasteiger partial charge in [0, 0.05) is 5.69 Å². The Morgan fingerprint density at radius 1 is 1.43 bits per heavy atom. The van der Waals surface area contributed by atoms with Gasteiger partial charge in [0.05, 0.1) is 10.7 Å². The lowest BCUT2D eigenvalue weighted by atomic mass is 10.1. The summed E-state index contributed by atoms with van der Waals surface area (Å²) in [6.07, 6.45) is 0. The van der Waals surface area contributed by atoms with Crippen LogP contribution in [0.4, 0.5) is 16.2 Å². The first-order valence-electron chi connectivity index (χ1n) is 6.20. The number of nitrogens with one attached hydrogen (secondary N) is 2. The van der Waals surface area contributed by atoms with Crippen LogP contribution in [0.5, 0.6) is 0 Å². The summed E-state index contributed by atoms with van der Waals surface area (Å²) in [5.74, 6) is -0.995. The highest BCUT2D eigenvalue weighted by molar-refractivity contribution is 6.33. The standard InChI is InChI=1S/C13H15ClN4O3/c1-13(2)11(20)18(12(21)17-13)6-10(19)16-9-5-7(15)3-4-8(9)14/h3-5H,6,15H2,1-2H3,(H,16,19)(H,17,21). The number of halogens is 1. The first-order chi connectivity index (χ1) is 9.70. The number of carbonyl (C=O) groups is 3. The molecule has 4 N–H and O–H groups in total. The fourth-order valence-corrected chi connectivity index (χ4v) is 2.10. The van der Waals surface area contributed by atoms with Crippen LogP contribution in [-0.2, 0) is 9.59 Å². The molecule has 4 amide bonds. The molecule has 2 rings (SSSR count). The molecule has 0 radical (unpaired) electrons. The summed E-state index contributed by atoms with van der Waals surface area (Å²) < 4.78 is 0. The van der Waals surface area contributed by atoms with E-state index in [1.165, 1.54) is 6.07 Å². The second kappa shape index (κ2) is 5.25. The zero-order chi connectivity index (χ0) is 15.8. The Balaban J connectivity index is 2.07. The van der Waals surface area contributed by atoms with Crippen molar-refractivity contribution in [1.82, 2.24) is 10.2 Å². The highest BCUT2D eigenvalue weighted by atomic mass is 35.5. The third-order valence-corrected chi connectivity index (χ3v) is 3.34. The lowest BCUT2D eigenvalue weighted by Gasteiger charge is -2.16. The van der Waals surface area contributed by atoms with Crippen LogP contribution in [-0.4, -0.2) is 34.8 Å². The molecule has 0 bridgehead atoms. The highest BCUT2D eigenvalue weighted by Crippen LogP contribution is 2.24. The molecule has 0 atom stereocenters. The molecule has 1 aliphatic heterocycles. The van der Waals surface area contributed by atoms with Crippen LogP contribution in [0, 0.1) is 0 Å². The summed E-state index contributed by atoms with van der Waals surface area (Å²) >= 11 is 5.93. The van der Waals surface area contributed by atoms with E-state index in [9.17, 15) is 14.4 Å². The Morgan fingerprint density at radius 2 is 2.10 bits per heavy atom. The Kier molecular flexibility index (Phi) is 3.78. The smallest absolute Gasteiger partial charge is 0.325 e. The van der Waals surface area contributed by atoms with Crippen molar-refractivity contribution in [2.45, 2.75) is 19.4 Å². The van der Waals surface area contributed by atoms with Gasteiger partial charge in [-0.3, -0.25) is 14.5 Å². The van der Waals surface area contributed by atoms with Crippen molar-refractivity contribution in [3.05, 3.63) is 23.2 Å². The van der Waals surface area contributed by atoms with Crippen LogP contribution in [0.3, 0.4) is 0 Å². The predicted molar refractivity (Wildman–Crippen MR) is 78.8 cm³/mol. The SMILES string of the molecule is CC1(C)NC(=O)N(CC(=O)Nc2cc(N)ccc2Cl)C1=O. The minimum atomic E-state index is -1.01. The fraction of sp³-hybridized carbons (Fsp3) is 0.308. The quantitative estimate of drug-likeness (QED) is 0.576. The summed E-state index contributed by atoms with van der Waals surface area (Å²) in [7, 11) is 0. The number of nitrogens with zero attached hydrogens (tertiary/aromatic N) is 1. The number of amides is 4. The van der Waals surface area contributed by atoms with Gasteiger partial charge in [-0.1, -0.05) is 11.6 Å². The first kappa shape index (κ1) is 15.1. The van der Waals surface area contributed by atoms with Crippen LogP contribution >= 0.6 is 11.6 Å². The second-order valence-corrected chi connectivity index (χ2v) is 5.64. The summed E-state index contributed by atoms with van der Waals surface area (Å²) in [5, 5.41) is 5.33. The predicted octanol–water partition coefficient (Wildman–Crippen LogP) is 1.19. The van der Waals surface area contributed by atoms with Gasteiger partial charge < -0.3 is 16.4 Å². The number of anilines is 2. The zero-order valence-corrected chi connectivity index (χ0v) is 12.3. The summed E-state index contributed by atoms with van der Waals surface area (Å²) in [5.41, 5.74) is 5.36. The van der Waals surface area contributed by atoms with E-state index in [2.05, 4.69) is 10.6 Å². The van der Waals surface area contributed by atoms with E-state index in [1.807, 2.05) is 0 Å². The fourth-order valence-electron chi connectivity index (χ4n) is 1.93. The third kappa shape index (κ3) is 3.08. The van der Waals surface area contributed by atoms with Crippen LogP contribution in [0.15, 0.2) is 18.2 Å². The normalized spacial score (nSPS) is 16.8. The minimum absolute atomic E-state index is 0.315. The molecule has 7 nitrogen and oxygen atoms in total. The largest absolute Gasteiger partial charge is 0.399 e. The van der Waals surface area contributed by atoms with Crippen molar-refractivity contribution in [1.29, 1.82) is 0 Å². The van der Waals surface area contributed by atoms with Gasteiger partial charge in [-0.25, -0.2) is 4.79 Å². The van der Waals surface area contributed by atoms with Crippen molar-refractivity contribution < 1.29 is 14.4 Å². The summed E-state index contributed by atoms with van der Waals surface area (Å²) in [6.45, 7) is 2.75. The Bertz CT molecular complexity index is 630. The maximum Gasteiger partial charge on any atom is 0.325 e. The first-order valence-corrected chi connectivity index (χ1v) is 6.57. The molecule has 0 saturated carbocycles. The second-order valence-electron chi connectivity index (χ2n) is 5.23. The average Bonchev–Trinajstić information content (AvgIpc) is 2.56. The highest BCUT2D eigenvalue weighted by Gasteiger charge is 2.44. The molecule has 112 valence electrons. The molecule has 1 aliphatic rings. The Hall–Kier alpha value is -2.28. The molecule has 0 unspecified atom stereocenters. The number of hydrogen-bond acceptors (Lipinski definition) is 4. The number of hydrogen-bond donors (Lipinski definition) is 3. The van der Waals surface area contributed by atoms with E-state index in [0.29, 0.717) is 16.4 Å². The van der Waals surface area contributed by atoms with Gasteiger partial charge >= 0.3 is 6.03 Å². The lowest BCUT2D eigenvalue weighted by Crippen LogP contribution is -2.41. The van der Waals surface area contributed by atoms with Crippen LogP contribution in [0.1, 0.15) is 13.8 Å². The Morgan fingerprint density at radius 3 is 2.67 bits per heavy atom. The lowest BCUT2D eigenvalue weighted by molar-refractivity contribution is -0.132. The number of benzene rings is 1. The van der Waals surface area contributed by atoms with Crippen LogP contribution in [0.2, 0.25) is 5.02 Å². The summed E-state index contributed by atoms with van der Waals surface area (Å²) in [4.78, 5) is 36.4. The molecule has 1 saturated heterocycles. The molecule has 0 spiro atoms. The Labute approximate surface area is 126 Å². The maximum absolute atomic E-state index is 12.0. The average molecular weight is 311 g/mol. The molecule has 8 heteroatoms. The van der Waals surface area contributed by atoms with Crippen molar-refractivity contribution >= 4 is 40.8 Å². The number of carbonyl (C=O) groups excluding carboxylic acids is 3. The molecular weight excluding hydrogens is 296 g/mol. The van der Waals surface area contributed by atoms with E-state index < -0.39 is 23.4 Å². The van der Waals surface area contributed by atoms with Gasteiger partial charge in [-0.05, 0) is 32.0 Å². The molecular formula is C13H15ClN4O3. The molecule has 1 heterocycles. The number of imide groups is 1. The van der Waals surface area contributed by atoms with Crippen LogP contribution < -0.4 is 16.4 Å². The number of nitrogens with two attached hydrogens (primary N) is 1. The minimum Gasteiger partial charge on any atom is -0.399 e. The van der Waals surface area contributed by atoms with E-state index in [4.69, 9.17) is 17.3 Å². The van der Waals surface area contributed by atoms with Crippen LogP contribution in [0.25, 0.3) is 0 Å². The van der Waals surface area contributed by atoms with Crippen molar-refractivity contribution in [3.63, 3.8) is 0 Å². The molecule has 21 heavy (non-hydrogen) atoms.